The lowest BCUT2D eigenvalue weighted by Gasteiger charge is -2.34. The Morgan fingerprint density at radius 3 is 2.71 bits per heavy atom. The lowest BCUT2D eigenvalue weighted by atomic mass is 9.87. The fourth-order valence-corrected chi connectivity index (χ4v) is 2.81. The highest BCUT2D eigenvalue weighted by atomic mass is 19.1. The van der Waals surface area contributed by atoms with Gasteiger partial charge >= 0.3 is 0 Å². The van der Waals surface area contributed by atoms with Gasteiger partial charge in [0, 0.05) is 18.3 Å². The number of hydrogen-bond donors (Lipinski definition) is 2. The molecule has 3 N–H and O–H groups in total. The fraction of sp³-hybridized carbons (Fsp3) is 0.278. The number of rotatable bonds is 4. The van der Waals surface area contributed by atoms with Crippen molar-refractivity contribution in [2.24, 2.45) is 10.7 Å². The molecule has 0 aliphatic carbocycles. The van der Waals surface area contributed by atoms with Gasteiger partial charge in [0.25, 0.3) is 5.91 Å². The average Bonchev–Trinajstić information content (AvgIpc) is 2.67. The quantitative estimate of drug-likeness (QED) is 0.816. The molecule has 2 heterocycles. The van der Waals surface area contributed by atoms with E-state index in [4.69, 9.17) is 10.5 Å². The number of nitrogens with one attached hydrogen (secondary N) is 1. The molecule has 146 valence electrons. The zero-order valence-electron chi connectivity index (χ0n) is 15.6. The summed E-state index contributed by atoms with van der Waals surface area (Å²) < 4.78 is 19.4. The molecule has 0 saturated carbocycles. The van der Waals surface area contributed by atoms with Crippen molar-refractivity contribution in [3.8, 4) is 5.88 Å². The van der Waals surface area contributed by atoms with E-state index < -0.39 is 17.3 Å². The SMILES string of the molecule is COc1cnc(C(=O)Nc2ccc(F)c([C@]3(C)CC(=O)N(C)C(N)=N3)c2)cn1. The van der Waals surface area contributed by atoms with Crippen molar-refractivity contribution >= 4 is 23.5 Å². The van der Waals surface area contributed by atoms with E-state index >= 15 is 0 Å². The topological polar surface area (TPSA) is 123 Å². The van der Waals surface area contributed by atoms with Crippen molar-refractivity contribution in [2.45, 2.75) is 18.9 Å². The van der Waals surface area contributed by atoms with E-state index in [1.165, 1.54) is 49.7 Å². The van der Waals surface area contributed by atoms with E-state index in [0.29, 0.717) is 5.69 Å². The molecular weight excluding hydrogens is 367 g/mol. The molecule has 1 aliphatic heterocycles. The summed E-state index contributed by atoms with van der Waals surface area (Å²) in [5.41, 5.74) is 5.14. The largest absolute Gasteiger partial charge is 0.480 e. The van der Waals surface area contributed by atoms with Gasteiger partial charge in [-0.05, 0) is 25.1 Å². The molecule has 1 atom stereocenters. The predicted molar refractivity (Wildman–Crippen MR) is 99.3 cm³/mol. The van der Waals surface area contributed by atoms with Gasteiger partial charge in [0.05, 0.1) is 31.5 Å². The molecule has 9 nitrogen and oxygen atoms in total. The van der Waals surface area contributed by atoms with Crippen molar-refractivity contribution < 1.29 is 18.7 Å². The zero-order chi connectivity index (χ0) is 20.5. The average molecular weight is 386 g/mol. The number of benzene rings is 1. The van der Waals surface area contributed by atoms with Crippen LogP contribution in [0.25, 0.3) is 0 Å². The molecule has 0 fully saturated rings. The first-order valence-corrected chi connectivity index (χ1v) is 8.33. The van der Waals surface area contributed by atoms with Gasteiger partial charge in [0.1, 0.15) is 11.5 Å². The molecule has 28 heavy (non-hydrogen) atoms. The van der Waals surface area contributed by atoms with Crippen LogP contribution in [0.4, 0.5) is 10.1 Å². The Labute approximate surface area is 160 Å². The maximum atomic E-state index is 14.5. The summed E-state index contributed by atoms with van der Waals surface area (Å²) >= 11 is 0. The minimum absolute atomic E-state index is 0.00101. The van der Waals surface area contributed by atoms with Crippen molar-refractivity contribution in [2.75, 3.05) is 19.5 Å². The predicted octanol–water partition coefficient (Wildman–Crippen LogP) is 1.27. The first-order chi connectivity index (χ1) is 13.2. The van der Waals surface area contributed by atoms with E-state index in [9.17, 15) is 14.0 Å². The third kappa shape index (κ3) is 3.61. The number of carbonyl (C=O) groups excluding carboxylic acids is 2. The van der Waals surface area contributed by atoms with Crippen molar-refractivity contribution in [1.82, 2.24) is 14.9 Å². The minimum atomic E-state index is -1.18. The van der Waals surface area contributed by atoms with Crippen LogP contribution in [0.15, 0.2) is 35.6 Å². The molecule has 0 radical (unpaired) electrons. The first-order valence-electron chi connectivity index (χ1n) is 8.33. The van der Waals surface area contributed by atoms with Crippen LogP contribution in [0, 0.1) is 5.82 Å². The number of halogens is 1. The molecule has 0 saturated heterocycles. The molecule has 1 aromatic heterocycles. The number of aromatic nitrogens is 2. The minimum Gasteiger partial charge on any atom is -0.480 e. The van der Waals surface area contributed by atoms with Crippen molar-refractivity contribution in [3.05, 3.63) is 47.7 Å². The van der Waals surface area contributed by atoms with Crippen LogP contribution in [0.5, 0.6) is 5.88 Å². The summed E-state index contributed by atoms with van der Waals surface area (Å²) in [6.07, 6.45) is 2.52. The van der Waals surface area contributed by atoms with Gasteiger partial charge in [-0.25, -0.2) is 19.4 Å². The Morgan fingerprint density at radius 1 is 1.36 bits per heavy atom. The number of methoxy groups -OCH3 is 1. The fourth-order valence-electron chi connectivity index (χ4n) is 2.81. The van der Waals surface area contributed by atoms with Crippen LogP contribution in [-0.2, 0) is 10.3 Å². The van der Waals surface area contributed by atoms with Crippen molar-refractivity contribution in [1.29, 1.82) is 0 Å². The normalized spacial score (nSPS) is 19.2. The molecule has 0 bridgehead atoms. The zero-order valence-corrected chi connectivity index (χ0v) is 15.6. The second-order valence-corrected chi connectivity index (χ2v) is 6.47. The number of anilines is 1. The second kappa shape index (κ2) is 7.22. The Morgan fingerprint density at radius 2 is 2.11 bits per heavy atom. The maximum absolute atomic E-state index is 14.5. The summed E-state index contributed by atoms with van der Waals surface area (Å²) in [6, 6.07) is 4.03. The molecule has 1 aromatic carbocycles. The number of guanidine groups is 1. The Bertz CT molecular complexity index is 962. The van der Waals surface area contributed by atoms with Gasteiger partial charge < -0.3 is 15.8 Å². The maximum Gasteiger partial charge on any atom is 0.275 e. The number of ether oxygens (including phenoxy) is 1. The lowest BCUT2D eigenvalue weighted by Crippen LogP contribution is -2.47. The summed E-state index contributed by atoms with van der Waals surface area (Å²) in [5, 5.41) is 2.63. The first kappa shape index (κ1) is 19.2. The summed E-state index contributed by atoms with van der Waals surface area (Å²) in [5.74, 6) is -1.09. The van der Waals surface area contributed by atoms with E-state index in [0.717, 1.165) is 0 Å². The van der Waals surface area contributed by atoms with E-state index in [-0.39, 0.29) is 35.4 Å². The van der Waals surface area contributed by atoms with Crippen LogP contribution >= 0.6 is 0 Å². The molecule has 2 amide bonds. The Balaban J connectivity index is 1.89. The van der Waals surface area contributed by atoms with Gasteiger partial charge in [-0.2, -0.15) is 0 Å². The Hall–Kier alpha value is -3.56. The highest BCUT2D eigenvalue weighted by molar-refractivity contribution is 6.03. The third-order valence-electron chi connectivity index (χ3n) is 4.45. The van der Waals surface area contributed by atoms with Gasteiger partial charge in [-0.1, -0.05) is 0 Å². The number of hydrogen-bond acceptors (Lipinski definition) is 7. The molecule has 0 spiro atoms. The number of amides is 2. The van der Waals surface area contributed by atoms with Crippen LogP contribution in [-0.4, -0.2) is 46.8 Å². The van der Waals surface area contributed by atoms with E-state index in [2.05, 4.69) is 20.3 Å². The van der Waals surface area contributed by atoms with Crippen LogP contribution < -0.4 is 15.8 Å². The number of nitrogens with two attached hydrogens (primary N) is 1. The van der Waals surface area contributed by atoms with Gasteiger partial charge in [-0.15, -0.1) is 0 Å². The second-order valence-electron chi connectivity index (χ2n) is 6.47. The monoisotopic (exact) mass is 386 g/mol. The molecule has 2 aromatic rings. The Kier molecular flexibility index (Phi) is 4.95. The number of nitrogens with zero attached hydrogens (tertiary/aromatic N) is 4. The molecule has 10 heteroatoms. The molecule has 0 unspecified atom stereocenters. The molecule has 3 rings (SSSR count). The van der Waals surface area contributed by atoms with E-state index in [1.54, 1.807) is 6.92 Å². The summed E-state index contributed by atoms with van der Waals surface area (Å²) in [6.45, 7) is 1.61. The smallest absolute Gasteiger partial charge is 0.275 e. The standard InChI is InChI=1S/C18H19FN6O3/c1-18(7-15(26)25(2)17(20)24-18)11-6-10(4-5-12(11)19)23-16(27)13-8-22-14(28-3)9-21-13/h4-6,8-9H,7H2,1-3H3,(H2,20,24)(H,23,27)/t18-/m0/s1. The summed E-state index contributed by atoms with van der Waals surface area (Å²) in [7, 11) is 2.94. The highest BCUT2D eigenvalue weighted by Crippen LogP contribution is 2.35. The van der Waals surface area contributed by atoms with Gasteiger partial charge in [0.2, 0.25) is 11.8 Å². The number of aliphatic imine (C=N–C) groups is 1. The van der Waals surface area contributed by atoms with Gasteiger partial charge in [-0.3, -0.25) is 14.5 Å². The van der Waals surface area contributed by atoms with E-state index in [1.807, 2.05) is 0 Å². The van der Waals surface area contributed by atoms with Gasteiger partial charge in [0.15, 0.2) is 5.96 Å². The highest BCUT2D eigenvalue weighted by Gasteiger charge is 2.38. The third-order valence-corrected chi connectivity index (χ3v) is 4.45. The summed E-state index contributed by atoms with van der Waals surface area (Å²) in [4.78, 5) is 37.9. The molecular formula is C18H19FN6O3. The van der Waals surface area contributed by atoms with Crippen LogP contribution in [0.2, 0.25) is 0 Å². The molecule has 1 aliphatic rings. The van der Waals surface area contributed by atoms with Crippen LogP contribution in [0.1, 0.15) is 29.4 Å². The van der Waals surface area contributed by atoms with Crippen LogP contribution in [0.3, 0.4) is 0 Å². The lowest BCUT2D eigenvalue weighted by molar-refractivity contribution is -0.128. The number of carbonyl (C=O) groups is 2. The van der Waals surface area contributed by atoms with Crippen molar-refractivity contribution in [3.63, 3.8) is 0 Å².